The minimum atomic E-state index is 0.768. The Morgan fingerprint density at radius 3 is 2.36 bits per heavy atom. The number of hydrogen-bond donors (Lipinski definition) is 0. The zero-order valence-corrected chi connectivity index (χ0v) is 7.34. The Kier molecular flexibility index (Phi) is 4.55. The molecule has 0 aliphatic carbocycles. The van der Waals surface area contributed by atoms with Crippen molar-refractivity contribution < 1.29 is 9.78 Å². The van der Waals surface area contributed by atoms with Crippen LogP contribution in [0.5, 0.6) is 0 Å². The van der Waals surface area contributed by atoms with Crippen molar-refractivity contribution in [2.24, 2.45) is 5.92 Å². The van der Waals surface area contributed by atoms with Gasteiger partial charge in [0, 0.05) is 0 Å². The molecule has 0 aromatic carbocycles. The van der Waals surface area contributed by atoms with Gasteiger partial charge in [-0.3, -0.25) is 0 Å². The summed E-state index contributed by atoms with van der Waals surface area (Å²) in [6.07, 6.45) is 6.20. The smallest absolute Gasteiger partial charge is 0.0822 e. The summed E-state index contributed by atoms with van der Waals surface area (Å²) in [5.74, 6) is 0.872. The fraction of sp³-hybridized carbons (Fsp3) is 1.00. The molecule has 1 heterocycles. The van der Waals surface area contributed by atoms with Gasteiger partial charge in [0.15, 0.2) is 0 Å². The van der Waals surface area contributed by atoms with Crippen molar-refractivity contribution >= 4 is 0 Å². The first-order chi connectivity index (χ1) is 5.39. The Morgan fingerprint density at radius 2 is 1.55 bits per heavy atom. The average molecular weight is 158 g/mol. The summed E-state index contributed by atoms with van der Waals surface area (Å²) in [5, 5.41) is 0. The second-order valence-electron chi connectivity index (χ2n) is 3.39. The summed E-state index contributed by atoms with van der Waals surface area (Å²) in [5.41, 5.74) is 0. The number of rotatable bonds is 0. The van der Waals surface area contributed by atoms with E-state index in [4.69, 9.17) is 9.78 Å². The third kappa shape index (κ3) is 4.38. The minimum absolute atomic E-state index is 0.768. The van der Waals surface area contributed by atoms with Crippen molar-refractivity contribution in [3.8, 4) is 0 Å². The highest BCUT2D eigenvalue weighted by Crippen LogP contribution is 2.15. The molecule has 0 amide bonds. The highest BCUT2D eigenvalue weighted by atomic mass is 17.2. The quantitative estimate of drug-likeness (QED) is 0.504. The van der Waals surface area contributed by atoms with Crippen molar-refractivity contribution in [1.82, 2.24) is 0 Å². The first-order valence-corrected chi connectivity index (χ1v) is 4.64. The predicted octanol–water partition coefficient (Wildman–Crippen LogP) is 2.53. The maximum absolute atomic E-state index is 4.96. The molecule has 2 heteroatoms. The van der Waals surface area contributed by atoms with E-state index in [2.05, 4.69) is 6.92 Å². The SMILES string of the molecule is CC1CCCCOOCCC1. The van der Waals surface area contributed by atoms with Crippen LogP contribution in [0.1, 0.15) is 39.0 Å². The summed E-state index contributed by atoms with van der Waals surface area (Å²) >= 11 is 0. The van der Waals surface area contributed by atoms with E-state index in [1.165, 1.54) is 19.3 Å². The maximum atomic E-state index is 4.96. The molecule has 1 aliphatic heterocycles. The fourth-order valence-electron chi connectivity index (χ4n) is 1.41. The van der Waals surface area contributed by atoms with Crippen LogP contribution in [0.2, 0.25) is 0 Å². The molecule has 1 atom stereocenters. The van der Waals surface area contributed by atoms with Gasteiger partial charge in [-0.15, -0.1) is 0 Å². The van der Waals surface area contributed by atoms with E-state index in [1.54, 1.807) is 0 Å². The van der Waals surface area contributed by atoms with Crippen LogP contribution in [0.25, 0.3) is 0 Å². The largest absolute Gasteiger partial charge is 0.237 e. The van der Waals surface area contributed by atoms with Gasteiger partial charge < -0.3 is 0 Å². The zero-order chi connectivity index (χ0) is 7.94. The van der Waals surface area contributed by atoms with Crippen LogP contribution in [0.4, 0.5) is 0 Å². The molecule has 0 spiro atoms. The molecule has 11 heavy (non-hydrogen) atoms. The van der Waals surface area contributed by atoms with Gasteiger partial charge in [-0.1, -0.05) is 19.8 Å². The molecule has 0 aromatic heterocycles. The van der Waals surface area contributed by atoms with Crippen LogP contribution < -0.4 is 0 Å². The Bertz CT molecular complexity index is 83.6. The van der Waals surface area contributed by atoms with Gasteiger partial charge in [0.25, 0.3) is 0 Å². The second-order valence-corrected chi connectivity index (χ2v) is 3.39. The topological polar surface area (TPSA) is 18.5 Å². The fourth-order valence-corrected chi connectivity index (χ4v) is 1.41. The average Bonchev–Trinajstić information content (AvgIpc) is 2.03. The minimum Gasteiger partial charge on any atom is -0.237 e. The van der Waals surface area contributed by atoms with Crippen molar-refractivity contribution in [2.75, 3.05) is 13.2 Å². The Hall–Kier alpha value is -0.0800. The lowest BCUT2D eigenvalue weighted by atomic mass is 9.99. The van der Waals surface area contributed by atoms with E-state index in [0.29, 0.717) is 0 Å². The standard InChI is InChI=1S/C9H18O2/c1-9-5-2-3-7-10-11-8-4-6-9/h9H,2-8H2,1H3. The highest BCUT2D eigenvalue weighted by Gasteiger charge is 2.04. The zero-order valence-electron chi connectivity index (χ0n) is 7.34. The van der Waals surface area contributed by atoms with E-state index >= 15 is 0 Å². The third-order valence-electron chi connectivity index (χ3n) is 2.18. The Morgan fingerprint density at radius 1 is 0.909 bits per heavy atom. The van der Waals surface area contributed by atoms with Crippen molar-refractivity contribution in [3.05, 3.63) is 0 Å². The Labute approximate surface area is 68.8 Å². The summed E-state index contributed by atoms with van der Waals surface area (Å²) < 4.78 is 0. The molecule has 0 radical (unpaired) electrons. The lowest BCUT2D eigenvalue weighted by molar-refractivity contribution is -0.296. The monoisotopic (exact) mass is 158 g/mol. The maximum Gasteiger partial charge on any atom is 0.0822 e. The van der Waals surface area contributed by atoms with E-state index in [9.17, 15) is 0 Å². The van der Waals surface area contributed by atoms with E-state index in [1.807, 2.05) is 0 Å². The molecule has 0 bridgehead atoms. The lowest BCUT2D eigenvalue weighted by Gasteiger charge is -2.13. The summed E-state index contributed by atoms with van der Waals surface area (Å²) in [6, 6.07) is 0. The molecule has 0 aromatic rings. The van der Waals surface area contributed by atoms with Gasteiger partial charge in [0.2, 0.25) is 0 Å². The van der Waals surface area contributed by atoms with Crippen molar-refractivity contribution in [3.63, 3.8) is 0 Å². The first-order valence-electron chi connectivity index (χ1n) is 4.64. The molecule has 1 unspecified atom stereocenters. The van der Waals surface area contributed by atoms with Gasteiger partial charge in [-0.25, -0.2) is 9.78 Å². The van der Waals surface area contributed by atoms with Gasteiger partial charge in [0.05, 0.1) is 13.2 Å². The molecule has 0 saturated carbocycles. The van der Waals surface area contributed by atoms with Crippen LogP contribution >= 0.6 is 0 Å². The van der Waals surface area contributed by atoms with E-state index in [0.717, 1.165) is 32.0 Å². The Balaban J connectivity index is 2.12. The lowest BCUT2D eigenvalue weighted by Crippen LogP contribution is -2.05. The molecule has 1 rings (SSSR count). The summed E-state index contributed by atoms with van der Waals surface area (Å²) in [7, 11) is 0. The van der Waals surface area contributed by atoms with Crippen LogP contribution in [0.15, 0.2) is 0 Å². The molecular formula is C9H18O2. The van der Waals surface area contributed by atoms with Gasteiger partial charge >= 0.3 is 0 Å². The number of hydrogen-bond acceptors (Lipinski definition) is 2. The first kappa shape index (κ1) is 9.01. The molecule has 1 saturated heterocycles. The van der Waals surface area contributed by atoms with E-state index in [-0.39, 0.29) is 0 Å². The van der Waals surface area contributed by atoms with Crippen molar-refractivity contribution in [2.45, 2.75) is 39.0 Å². The van der Waals surface area contributed by atoms with Gasteiger partial charge in [-0.05, 0) is 25.2 Å². The molecule has 2 nitrogen and oxygen atoms in total. The highest BCUT2D eigenvalue weighted by molar-refractivity contribution is 4.54. The molecule has 0 N–H and O–H groups in total. The summed E-state index contributed by atoms with van der Waals surface area (Å²) in [6.45, 7) is 3.86. The van der Waals surface area contributed by atoms with Crippen LogP contribution in [-0.4, -0.2) is 13.2 Å². The van der Waals surface area contributed by atoms with Crippen LogP contribution in [0, 0.1) is 5.92 Å². The van der Waals surface area contributed by atoms with Gasteiger partial charge in [0.1, 0.15) is 0 Å². The van der Waals surface area contributed by atoms with Crippen LogP contribution in [-0.2, 0) is 9.78 Å². The third-order valence-corrected chi connectivity index (χ3v) is 2.18. The molecule has 1 fully saturated rings. The van der Waals surface area contributed by atoms with Crippen LogP contribution in [0.3, 0.4) is 0 Å². The second kappa shape index (κ2) is 5.56. The van der Waals surface area contributed by atoms with Gasteiger partial charge in [-0.2, -0.15) is 0 Å². The molecule has 1 aliphatic rings. The van der Waals surface area contributed by atoms with E-state index < -0.39 is 0 Å². The molecular weight excluding hydrogens is 140 g/mol. The molecule has 66 valence electrons. The predicted molar refractivity (Wildman–Crippen MR) is 44.2 cm³/mol. The van der Waals surface area contributed by atoms with Crippen molar-refractivity contribution in [1.29, 1.82) is 0 Å². The normalized spacial score (nSPS) is 29.7. The summed E-state index contributed by atoms with van der Waals surface area (Å²) in [4.78, 5) is 9.90.